The predicted molar refractivity (Wildman–Crippen MR) is 79.0 cm³/mol. The van der Waals surface area contributed by atoms with Crippen molar-refractivity contribution in [2.75, 3.05) is 14.2 Å². The Hall–Kier alpha value is -2.07. The molecule has 0 spiro atoms. The van der Waals surface area contributed by atoms with Crippen LogP contribution in [-0.2, 0) is 6.42 Å². The highest BCUT2D eigenvalue weighted by atomic mass is 35.5. The van der Waals surface area contributed by atoms with Gasteiger partial charge in [0.25, 0.3) is 0 Å². The van der Waals surface area contributed by atoms with Gasteiger partial charge in [-0.1, -0.05) is 17.7 Å². The van der Waals surface area contributed by atoms with E-state index in [1.807, 2.05) is 0 Å². The van der Waals surface area contributed by atoms with Gasteiger partial charge in [0, 0.05) is 6.42 Å². The van der Waals surface area contributed by atoms with Crippen molar-refractivity contribution in [2.45, 2.75) is 6.42 Å². The van der Waals surface area contributed by atoms with E-state index in [4.69, 9.17) is 21.1 Å². The highest BCUT2D eigenvalue weighted by Crippen LogP contribution is 2.26. The Labute approximate surface area is 127 Å². The molecule has 0 aliphatic rings. The van der Waals surface area contributed by atoms with Crippen molar-refractivity contribution in [3.63, 3.8) is 0 Å². The van der Waals surface area contributed by atoms with Crippen LogP contribution in [0.5, 0.6) is 11.5 Å². The SMILES string of the molecule is COc1ccc(OC)c(C(=O)Cc2ccc(Cl)c(F)c2)c1. The van der Waals surface area contributed by atoms with Crippen molar-refractivity contribution < 1.29 is 18.7 Å². The second kappa shape index (κ2) is 6.59. The average Bonchev–Trinajstić information content (AvgIpc) is 2.50. The number of ether oxygens (including phenoxy) is 2. The van der Waals surface area contributed by atoms with Crippen molar-refractivity contribution in [3.8, 4) is 11.5 Å². The third-order valence-corrected chi connectivity index (χ3v) is 3.36. The maximum absolute atomic E-state index is 13.4. The molecule has 3 nitrogen and oxygen atoms in total. The van der Waals surface area contributed by atoms with Gasteiger partial charge in [0.2, 0.25) is 0 Å². The zero-order valence-electron chi connectivity index (χ0n) is 11.7. The fourth-order valence-corrected chi connectivity index (χ4v) is 2.08. The second-order valence-electron chi connectivity index (χ2n) is 4.41. The highest BCUT2D eigenvalue weighted by Gasteiger charge is 2.15. The molecule has 0 aromatic heterocycles. The predicted octanol–water partition coefficient (Wildman–Crippen LogP) is 3.92. The number of Topliss-reactive ketones (excluding diaryl/α,β-unsaturated/α-hetero) is 1. The van der Waals surface area contributed by atoms with Crippen LogP contribution in [0.15, 0.2) is 36.4 Å². The highest BCUT2D eigenvalue weighted by molar-refractivity contribution is 6.30. The molecule has 0 N–H and O–H groups in total. The van der Waals surface area contributed by atoms with Gasteiger partial charge in [0.15, 0.2) is 5.78 Å². The number of halogens is 2. The maximum Gasteiger partial charge on any atom is 0.171 e. The van der Waals surface area contributed by atoms with Crippen molar-refractivity contribution in [3.05, 3.63) is 58.4 Å². The number of benzene rings is 2. The summed E-state index contributed by atoms with van der Waals surface area (Å²) in [4.78, 5) is 12.4. The summed E-state index contributed by atoms with van der Waals surface area (Å²) in [5.74, 6) is 0.281. The molecule has 0 saturated carbocycles. The lowest BCUT2D eigenvalue weighted by atomic mass is 10.0. The molecule has 0 aliphatic heterocycles. The molecule has 2 rings (SSSR count). The summed E-state index contributed by atoms with van der Waals surface area (Å²) in [6.45, 7) is 0. The van der Waals surface area contributed by atoms with Crippen LogP contribution < -0.4 is 9.47 Å². The van der Waals surface area contributed by atoms with Gasteiger partial charge < -0.3 is 9.47 Å². The molecule has 0 unspecified atom stereocenters. The summed E-state index contributed by atoms with van der Waals surface area (Å²) < 4.78 is 23.7. The van der Waals surface area contributed by atoms with Gasteiger partial charge in [-0.3, -0.25) is 4.79 Å². The summed E-state index contributed by atoms with van der Waals surface area (Å²) in [5, 5.41) is 0.0326. The quantitative estimate of drug-likeness (QED) is 0.785. The zero-order valence-corrected chi connectivity index (χ0v) is 12.4. The lowest BCUT2D eigenvalue weighted by molar-refractivity contribution is 0.0989. The van der Waals surface area contributed by atoms with Crippen LogP contribution in [0.25, 0.3) is 0 Å². The number of rotatable bonds is 5. The van der Waals surface area contributed by atoms with Gasteiger partial charge in [-0.2, -0.15) is 0 Å². The molecule has 0 fully saturated rings. The van der Waals surface area contributed by atoms with Crippen LogP contribution in [0.1, 0.15) is 15.9 Å². The minimum atomic E-state index is -0.542. The molecule has 0 saturated heterocycles. The first kappa shape index (κ1) is 15.3. The molecule has 110 valence electrons. The summed E-state index contributed by atoms with van der Waals surface area (Å²) in [6.07, 6.45) is 0.0532. The van der Waals surface area contributed by atoms with Crippen molar-refractivity contribution in [1.29, 1.82) is 0 Å². The molecule has 5 heteroatoms. The smallest absolute Gasteiger partial charge is 0.171 e. The molecule has 0 atom stereocenters. The van der Waals surface area contributed by atoms with Gasteiger partial charge >= 0.3 is 0 Å². The molecule has 0 aliphatic carbocycles. The average molecular weight is 309 g/mol. The molecule has 0 heterocycles. The van der Waals surface area contributed by atoms with E-state index in [-0.39, 0.29) is 17.2 Å². The van der Waals surface area contributed by atoms with E-state index in [1.54, 1.807) is 24.3 Å². The third kappa shape index (κ3) is 3.52. The summed E-state index contributed by atoms with van der Waals surface area (Å²) >= 11 is 5.62. The Bertz CT molecular complexity index is 671. The molecular weight excluding hydrogens is 295 g/mol. The van der Waals surface area contributed by atoms with E-state index in [0.29, 0.717) is 22.6 Å². The van der Waals surface area contributed by atoms with Gasteiger partial charge in [0.1, 0.15) is 17.3 Å². The van der Waals surface area contributed by atoms with Crippen LogP contribution in [0.2, 0.25) is 5.02 Å². The van der Waals surface area contributed by atoms with E-state index in [0.717, 1.165) is 0 Å². The first-order chi connectivity index (χ1) is 10.0. The third-order valence-electron chi connectivity index (χ3n) is 3.06. The number of ketones is 1. The van der Waals surface area contributed by atoms with Gasteiger partial charge in [-0.05, 0) is 35.9 Å². The Morgan fingerprint density at radius 3 is 2.52 bits per heavy atom. The van der Waals surface area contributed by atoms with Crippen LogP contribution in [0.4, 0.5) is 4.39 Å². The van der Waals surface area contributed by atoms with E-state index in [2.05, 4.69) is 0 Å². The van der Waals surface area contributed by atoms with E-state index >= 15 is 0 Å². The summed E-state index contributed by atoms with van der Waals surface area (Å²) in [6, 6.07) is 9.28. The van der Waals surface area contributed by atoms with E-state index in [1.165, 1.54) is 26.4 Å². The maximum atomic E-state index is 13.4. The molecular formula is C16H14ClFO3. The molecule has 0 bridgehead atoms. The number of hydrogen-bond acceptors (Lipinski definition) is 3. The number of methoxy groups -OCH3 is 2. The lowest BCUT2D eigenvalue weighted by Crippen LogP contribution is -2.06. The van der Waals surface area contributed by atoms with Gasteiger partial charge in [0.05, 0.1) is 24.8 Å². The standard InChI is InChI=1S/C16H14ClFO3/c1-20-11-4-6-16(21-2)12(9-11)15(19)8-10-3-5-13(17)14(18)7-10/h3-7,9H,8H2,1-2H3. The normalized spacial score (nSPS) is 10.3. The Morgan fingerprint density at radius 1 is 1.14 bits per heavy atom. The van der Waals surface area contributed by atoms with Crippen LogP contribution in [0, 0.1) is 5.82 Å². The van der Waals surface area contributed by atoms with Gasteiger partial charge in [-0.25, -0.2) is 4.39 Å². The number of carbonyl (C=O) groups excluding carboxylic acids is 1. The number of carbonyl (C=O) groups is 1. The van der Waals surface area contributed by atoms with Crippen molar-refractivity contribution in [2.24, 2.45) is 0 Å². The topological polar surface area (TPSA) is 35.5 Å². The van der Waals surface area contributed by atoms with Crippen LogP contribution in [0.3, 0.4) is 0 Å². The molecule has 2 aromatic rings. The fraction of sp³-hybridized carbons (Fsp3) is 0.188. The Morgan fingerprint density at radius 2 is 1.90 bits per heavy atom. The molecule has 2 aromatic carbocycles. The van der Waals surface area contributed by atoms with E-state index < -0.39 is 5.82 Å². The monoisotopic (exact) mass is 308 g/mol. The minimum Gasteiger partial charge on any atom is -0.497 e. The number of hydrogen-bond donors (Lipinski definition) is 0. The van der Waals surface area contributed by atoms with Crippen LogP contribution >= 0.6 is 11.6 Å². The fourth-order valence-electron chi connectivity index (χ4n) is 1.96. The summed E-state index contributed by atoms with van der Waals surface area (Å²) in [5.41, 5.74) is 0.944. The largest absolute Gasteiger partial charge is 0.497 e. The zero-order chi connectivity index (χ0) is 15.4. The first-order valence-electron chi connectivity index (χ1n) is 6.24. The Kier molecular flexibility index (Phi) is 4.81. The van der Waals surface area contributed by atoms with Gasteiger partial charge in [-0.15, -0.1) is 0 Å². The summed E-state index contributed by atoms with van der Waals surface area (Å²) in [7, 11) is 3.01. The second-order valence-corrected chi connectivity index (χ2v) is 4.82. The van der Waals surface area contributed by atoms with E-state index in [9.17, 15) is 9.18 Å². The first-order valence-corrected chi connectivity index (χ1v) is 6.62. The molecule has 0 radical (unpaired) electrons. The van der Waals surface area contributed by atoms with Crippen molar-refractivity contribution >= 4 is 17.4 Å². The minimum absolute atomic E-state index is 0.0326. The lowest BCUT2D eigenvalue weighted by Gasteiger charge is -2.10. The molecule has 0 amide bonds. The van der Waals surface area contributed by atoms with Crippen molar-refractivity contribution in [1.82, 2.24) is 0 Å². The molecule has 21 heavy (non-hydrogen) atoms. The van der Waals surface area contributed by atoms with Crippen LogP contribution in [-0.4, -0.2) is 20.0 Å². The Balaban J connectivity index is 2.28.